The summed E-state index contributed by atoms with van der Waals surface area (Å²) in [6.07, 6.45) is 4.90. The Labute approximate surface area is 121 Å². The highest BCUT2D eigenvalue weighted by molar-refractivity contribution is 5.63. The van der Waals surface area contributed by atoms with Crippen LogP contribution in [0.25, 0.3) is 11.3 Å². The Morgan fingerprint density at radius 3 is 3.10 bits per heavy atom. The SMILES string of the molecule is OCCn1cc(CNc2cccc(-c3cnco3)c2)nn1. The molecular weight excluding hydrogens is 270 g/mol. The van der Waals surface area contributed by atoms with E-state index in [0.29, 0.717) is 13.1 Å². The molecule has 0 aliphatic rings. The van der Waals surface area contributed by atoms with Crippen LogP contribution in [0.3, 0.4) is 0 Å². The minimum atomic E-state index is 0.0510. The number of hydrogen-bond donors (Lipinski definition) is 2. The second-order valence-electron chi connectivity index (χ2n) is 4.50. The second-order valence-corrected chi connectivity index (χ2v) is 4.50. The van der Waals surface area contributed by atoms with Crippen LogP contribution >= 0.6 is 0 Å². The Balaban J connectivity index is 1.66. The molecule has 3 aromatic rings. The van der Waals surface area contributed by atoms with Crippen molar-refractivity contribution in [3.8, 4) is 11.3 Å². The van der Waals surface area contributed by atoms with E-state index in [2.05, 4.69) is 20.6 Å². The fraction of sp³-hybridized carbons (Fsp3) is 0.214. The van der Waals surface area contributed by atoms with E-state index in [1.165, 1.54) is 6.39 Å². The average molecular weight is 285 g/mol. The standard InChI is InChI=1S/C14H15N5O2/c20-5-4-19-9-13(17-18-19)7-16-12-3-1-2-11(6-12)14-8-15-10-21-14/h1-3,6,8-10,16,20H,4-5,7H2. The normalized spacial score (nSPS) is 10.7. The number of benzene rings is 1. The number of nitrogens with zero attached hydrogens (tertiary/aromatic N) is 4. The van der Waals surface area contributed by atoms with Crippen LogP contribution in [0, 0.1) is 0 Å². The summed E-state index contributed by atoms with van der Waals surface area (Å²) >= 11 is 0. The van der Waals surface area contributed by atoms with E-state index >= 15 is 0 Å². The lowest BCUT2D eigenvalue weighted by Gasteiger charge is -2.05. The van der Waals surface area contributed by atoms with Crippen molar-refractivity contribution >= 4 is 5.69 Å². The summed E-state index contributed by atoms with van der Waals surface area (Å²) in [6, 6.07) is 7.86. The van der Waals surface area contributed by atoms with E-state index in [9.17, 15) is 0 Å². The Morgan fingerprint density at radius 1 is 1.33 bits per heavy atom. The van der Waals surface area contributed by atoms with Gasteiger partial charge in [-0.2, -0.15) is 0 Å². The van der Waals surface area contributed by atoms with Crippen molar-refractivity contribution in [3.63, 3.8) is 0 Å². The van der Waals surface area contributed by atoms with Gasteiger partial charge < -0.3 is 14.8 Å². The Kier molecular flexibility index (Phi) is 3.92. The number of anilines is 1. The van der Waals surface area contributed by atoms with Crippen molar-refractivity contribution < 1.29 is 9.52 Å². The predicted octanol–water partition coefficient (Wildman–Crippen LogP) is 1.54. The summed E-state index contributed by atoms with van der Waals surface area (Å²) in [6.45, 7) is 1.06. The molecule has 0 aliphatic carbocycles. The molecule has 0 fully saturated rings. The summed E-state index contributed by atoms with van der Waals surface area (Å²) in [4.78, 5) is 3.91. The maximum absolute atomic E-state index is 8.84. The molecule has 2 aromatic heterocycles. The highest BCUT2D eigenvalue weighted by Crippen LogP contribution is 2.22. The molecule has 0 bridgehead atoms. The largest absolute Gasteiger partial charge is 0.444 e. The lowest BCUT2D eigenvalue weighted by Crippen LogP contribution is -2.02. The van der Waals surface area contributed by atoms with Crippen molar-refractivity contribution in [2.24, 2.45) is 0 Å². The molecule has 1 aromatic carbocycles. The summed E-state index contributed by atoms with van der Waals surface area (Å²) in [5.74, 6) is 0.729. The van der Waals surface area contributed by atoms with E-state index in [0.717, 1.165) is 22.7 Å². The van der Waals surface area contributed by atoms with Gasteiger partial charge in [-0.3, -0.25) is 0 Å². The van der Waals surface area contributed by atoms with E-state index in [1.807, 2.05) is 30.5 Å². The first kappa shape index (κ1) is 13.3. The monoisotopic (exact) mass is 285 g/mol. The predicted molar refractivity (Wildman–Crippen MR) is 76.4 cm³/mol. The maximum Gasteiger partial charge on any atom is 0.181 e. The topological polar surface area (TPSA) is 89.0 Å². The molecule has 108 valence electrons. The average Bonchev–Trinajstić information content (AvgIpc) is 3.18. The third-order valence-electron chi connectivity index (χ3n) is 2.97. The quantitative estimate of drug-likeness (QED) is 0.714. The van der Waals surface area contributed by atoms with Crippen molar-refractivity contribution in [1.82, 2.24) is 20.0 Å². The van der Waals surface area contributed by atoms with E-state index in [-0.39, 0.29) is 6.61 Å². The molecule has 0 unspecified atom stereocenters. The summed E-state index contributed by atoms with van der Waals surface area (Å²) in [7, 11) is 0. The van der Waals surface area contributed by atoms with Gasteiger partial charge in [0.05, 0.1) is 32.1 Å². The van der Waals surface area contributed by atoms with Gasteiger partial charge in [0, 0.05) is 11.3 Å². The number of aliphatic hydroxyl groups is 1. The van der Waals surface area contributed by atoms with Crippen molar-refractivity contribution in [2.45, 2.75) is 13.1 Å². The first-order valence-electron chi connectivity index (χ1n) is 6.58. The zero-order valence-electron chi connectivity index (χ0n) is 11.3. The van der Waals surface area contributed by atoms with Gasteiger partial charge >= 0.3 is 0 Å². The number of rotatable bonds is 6. The van der Waals surface area contributed by atoms with Gasteiger partial charge in [0.15, 0.2) is 12.2 Å². The molecule has 21 heavy (non-hydrogen) atoms. The minimum absolute atomic E-state index is 0.0510. The van der Waals surface area contributed by atoms with Crippen LogP contribution in [-0.4, -0.2) is 31.7 Å². The molecule has 0 saturated heterocycles. The van der Waals surface area contributed by atoms with Gasteiger partial charge in [-0.25, -0.2) is 9.67 Å². The third-order valence-corrected chi connectivity index (χ3v) is 2.97. The van der Waals surface area contributed by atoms with Crippen LogP contribution in [0.5, 0.6) is 0 Å². The Hall–Kier alpha value is -2.67. The van der Waals surface area contributed by atoms with E-state index < -0.39 is 0 Å². The number of nitrogens with one attached hydrogen (secondary N) is 1. The van der Waals surface area contributed by atoms with Gasteiger partial charge in [-0.05, 0) is 12.1 Å². The molecule has 0 spiro atoms. The van der Waals surface area contributed by atoms with Crippen LogP contribution in [0.4, 0.5) is 5.69 Å². The molecule has 2 N–H and O–H groups in total. The molecular formula is C14H15N5O2. The Bertz CT molecular complexity index is 693. The second kappa shape index (κ2) is 6.19. The van der Waals surface area contributed by atoms with Gasteiger partial charge in [-0.1, -0.05) is 17.3 Å². The zero-order chi connectivity index (χ0) is 14.5. The fourth-order valence-electron chi connectivity index (χ4n) is 1.96. The summed E-state index contributed by atoms with van der Waals surface area (Å²) in [5.41, 5.74) is 2.73. The Morgan fingerprint density at radius 2 is 2.29 bits per heavy atom. The molecule has 0 aliphatic heterocycles. The lowest BCUT2D eigenvalue weighted by molar-refractivity contribution is 0.268. The van der Waals surface area contributed by atoms with E-state index in [4.69, 9.17) is 9.52 Å². The molecule has 0 radical (unpaired) electrons. The molecule has 3 rings (SSSR count). The number of aliphatic hydroxyl groups excluding tert-OH is 1. The molecule has 7 heteroatoms. The highest BCUT2D eigenvalue weighted by Gasteiger charge is 2.04. The molecule has 0 atom stereocenters. The van der Waals surface area contributed by atoms with Gasteiger partial charge in [-0.15, -0.1) is 5.10 Å². The molecule has 7 nitrogen and oxygen atoms in total. The molecule has 2 heterocycles. The number of hydrogen-bond acceptors (Lipinski definition) is 6. The number of oxazole rings is 1. The van der Waals surface area contributed by atoms with Crippen LogP contribution in [0.15, 0.2) is 47.5 Å². The van der Waals surface area contributed by atoms with Crippen molar-refractivity contribution in [2.75, 3.05) is 11.9 Å². The van der Waals surface area contributed by atoms with Crippen LogP contribution in [0.1, 0.15) is 5.69 Å². The van der Waals surface area contributed by atoms with Gasteiger partial charge in [0.1, 0.15) is 5.69 Å². The zero-order valence-corrected chi connectivity index (χ0v) is 11.3. The molecule has 0 amide bonds. The van der Waals surface area contributed by atoms with Gasteiger partial charge in [0.2, 0.25) is 0 Å². The third kappa shape index (κ3) is 3.26. The minimum Gasteiger partial charge on any atom is -0.444 e. The number of aromatic nitrogens is 4. The van der Waals surface area contributed by atoms with Crippen LogP contribution < -0.4 is 5.32 Å². The summed E-state index contributed by atoms with van der Waals surface area (Å²) < 4.78 is 6.89. The summed E-state index contributed by atoms with van der Waals surface area (Å²) in [5, 5.41) is 20.1. The highest BCUT2D eigenvalue weighted by atomic mass is 16.3. The van der Waals surface area contributed by atoms with Crippen molar-refractivity contribution in [3.05, 3.63) is 48.7 Å². The lowest BCUT2D eigenvalue weighted by atomic mass is 10.1. The smallest absolute Gasteiger partial charge is 0.181 e. The fourth-order valence-corrected chi connectivity index (χ4v) is 1.96. The van der Waals surface area contributed by atoms with E-state index in [1.54, 1.807) is 10.9 Å². The van der Waals surface area contributed by atoms with Gasteiger partial charge in [0.25, 0.3) is 0 Å². The van der Waals surface area contributed by atoms with Crippen LogP contribution in [-0.2, 0) is 13.1 Å². The van der Waals surface area contributed by atoms with Crippen LogP contribution in [0.2, 0.25) is 0 Å². The van der Waals surface area contributed by atoms with Crippen molar-refractivity contribution in [1.29, 1.82) is 0 Å². The molecule has 0 saturated carbocycles. The first-order valence-corrected chi connectivity index (χ1v) is 6.58. The first-order chi connectivity index (χ1) is 10.3. The maximum atomic E-state index is 8.84.